The minimum absolute atomic E-state index is 0.0425. The number of aryl methyl sites for hydroxylation is 1. The van der Waals surface area contributed by atoms with E-state index in [0.717, 1.165) is 5.82 Å². The average molecular weight is 226 g/mol. The third-order valence-corrected chi connectivity index (χ3v) is 2.13. The fourth-order valence-electron chi connectivity index (χ4n) is 1.18. The minimum atomic E-state index is -0.0425. The SMILES string of the molecule is COCCNCC(=O)NCc1nccn1C. The van der Waals surface area contributed by atoms with Crippen LogP contribution in [0.4, 0.5) is 0 Å². The van der Waals surface area contributed by atoms with Gasteiger partial charge in [-0.3, -0.25) is 4.79 Å². The molecule has 0 aliphatic carbocycles. The number of ether oxygens (including phenoxy) is 1. The number of methoxy groups -OCH3 is 1. The molecule has 1 heterocycles. The monoisotopic (exact) mass is 226 g/mol. The predicted octanol–water partition coefficient (Wildman–Crippen LogP) is -0.728. The van der Waals surface area contributed by atoms with Gasteiger partial charge >= 0.3 is 0 Å². The van der Waals surface area contributed by atoms with Gasteiger partial charge in [-0.15, -0.1) is 0 Å². The highest BCUT2D eigenvalue weighted by Crippen LogP contribution is 1.92. The maximum atomic E-state index is 11.4. The van der Waals surface area contributed by atoms with E-state index in [2.05, 4.69) is 15.6 Å². The molecular formula is C10H18N4O2. The second-order valence-electron chi connectivity index (χ2n) is 3.40. The lowest BCUT2D eigenvalue weighted by Crippen LogP contribution is -2.35. The molecule has 6 heteroatoms. The highest BCUT2D eigenvalue weighted by molar-refractivity contribution is 5.77. The summed E-state index contributed by atoms with van der Waals surface area (Å²) in [4.78, 5) is 15.5. The summed E-state index contributed by atoms with van der Waals surface area (Å²) in [5.74, 6) is 0.796. The topological polar surface area (TPSA) is 68.2 Å². The molecule has 1 amide bonds. The second kappa shape index (κ2) is 6.97. The van der Waals surface area contributed by atoms with Crippen LogP contribution in [0.15, 0.2) is 12.4 Å². The number of imidazole rings is 1. The maximum Gasteiger partial charge on any atom is 0.234 e. The molecule has 0 radical (unpaired) electrons. The molecule has 0 spiro atoms. The van der Waals surface area contributed by atoms with Gasteiger partial charge in [0.15, 0.2) is 0 Å². The van der Waals surface area contributed by atoms with Crippen LogP contribution in [0.3, 0.4) is 0 Å². The molecule has 1 rings (SSSR count). The van der Waals surface area contributed by atoms with Gasteiger partial charge in [0.25, 0.3) is 0 Å². The summed E-state index contributed by atoms with van der Waals surface area (Å²) in [6, 6.07) is 0. The molecule has 0 bridgehead atoms. The van der Waals surface area contributed by atoms with Gasteiger partial charge in [-0.1, -0.05) is 0 Å². The summed E-state index contributed by atoms with van der Waals surface area (Å²) in [6.45, 7) is 2.03. The first-order valence-electron chi connectivity index (χ1n) is 5.16. The standard InChI is InChI=1S/C10H18N4O2/c1-14-5-3-12-9(14)7-13-10(15)8-11-4-6-16-2/h3,5,11H,4,6-8H2,1-2H3,(H,13,15). The van der Waals surface area contributed by atoms with E-state index in [1.54, 1.807) is 13.3 Å². The zero-order valence-corrected chi connectivity index (χ0v) is 9.69. The number of hydrogen-bond donors (Lipinski definition) is 2. The van der Waals surface area contributed by atoms with Crippen molar-refractivity contribution in [1.29, 1.82) is 0 Å². The average Bonchev–Trinajstić information content (AvgIpc) is 2.67. The molecule has 1 aromatic rings. The zero-order valence-electron chi connectivity index (χ0n) is 9.69. The highest BCUT2D eigenvalue weighted by atomic mass is 16.5. The number of amides is 1. The molecule has 1 aromatic heterocycles. The van der Waals surface area contributed by atoms with Crippen molar-refractivity contribution in [3.05, 3.63) is 18.2 Å². The molecule has 0 atom stereocenters. The predicted molar refractivity (Wildman–Crippen MR) is 59.8 cm³/mol. The number of nitrogens with one attached hydrogen (secondary N) is 2. The first-order chi connectivity index (χ1) is 7.74. The van der Waals surface area contributed by atoms with Gasteiger partial charge in [0.05, 0.1) is 19.7 Å². The molecule has 6 nitrogen and oxygen atoms in total. The van der Waals surface area contributed by atoms with Crippen LogP contribution in [0.1, 0.15) is 5.82 Å². The van der Waals surface area contributed by atoms with Crippen LogP contribution in [0.25, 0.3) is 0 Å². The van der Waals surface area contributed by atoms with E-state index in [-0.39, 0.29) is 5.91 Å². The highest BCUT2D eigenvalue weighted by Gasteiger charge is 2.02. The maximum absolute atomic E-state index is 11.4. The number of carbonyl (C=O) groups excluding carboxylic acids is 1. The Balaban J connectivity index is 2.13. The number of rotatable bonds is 7. The van der Waals surface area contributed by atoms with Gasteiger partial charge in [0, 0.05) is 33.1 Å². The zero-order chi connectivity index (χ0) is 11.8. The molecule has 2 N–H and O–H groups in total. The van der Waals surface area contributed by atoms with E-state index in [1.165, 1.54) is 0 Å². The Hall–Kier alpha value is -1.40. The number of carbonyl (C=O) groups is 1. The van der Waals surface area contributed by atoms with Gasteiger partial charge in [-0.2, -0.15) is 0 Å². The molecule has 0 unspecified atom stereocenters. The lowest BCUT2D eigenvalue weighted by Gasteiger charge is -2.06. The molecule has 0 saturated heterocycles. The Bertz CT molecular complexity index is 324. The van der Waals surface area contributed by atoms with Crippen molar-refractivity contribution in [2.45, 2.75) is 6.54 Å². The normalized spacial score (nSPS) is 10.4. The van der Waals surface area contributed by atoms with E-state index in [1.807, 2.05) is 17.8 Å². The molecule has 0 fully saturated rings. The molecule has 0 aliphatic heterocycles. The van der Waals surface area contributed by atoms with Gasteiger partial charge in [0.1, 0.15) is 5.82 Å². The van der Waals surface area contributed by atoms with Gasteiger partial charge in [-0.05, 0) is 0 Å². The van der Waals surface area contributed by atoms with E-state index in [9.17, 15) is 4.79 Å². The molecule has 90 valence electrons. The summed E-state index contributed by atoms with van der Waals surface area (Å²) in [6.07, 6.45) is 3.55. The first-order valence-corrected chi connectivity index (χ1v) is 5.16. The first kappa shape index (κ1) is 12.7. The fraction of sp³-hybridized carbons (Fsp3) is 0.600. The van der Waals surface area contributed by atoms with Crippen molar-refractivity contribution in [2.24, 2.45) is 7.05 Å². The van der Waals surface area contributed by atoms with Gasteiger partial charge in [0.2, 0.25) is 5.91 Å². The summed E-state index contributed by atoms with van der Waals surface area (Å²) in [5, 5.41) is 5.74. The Kier molecular flexibility index (Phi) is 5.52. The van der Waals surface area contributed by atoms with Crippen molar-refractivity contribution in [2.75, 3.05) is 26.8 Å². The lowest BCUT2D eigenvalue weighted by atomic mass is 10.5. The molecule has 0 aliphatic rings. The smallest absolute Gasteiger partial charge is 0.234 e. The van der Waals surface area contributed by atoms with Crippen molar-refractivity contribution >= 4 is 5.91 Å². The Morgan fingerprint density at radius 1 is 1.62 bits per heavy atom. The van der Waals surface area contributed by atoms with E-state index in [4.69, 9.17) is 4.74 Å². The molecule has 0 aromatic carbocycles. The van der Waals surface area contributed by atoms with Crippen LogP contribution in [-0.4, -0.2) is 42.3 Å². The summed E-state index contributed by atoms with van der Waals surface area (Å²) in [5.41, 5.74) is 0. The Labute approximate surface area is 95.0 Å². The second-order valence-corrected chi connectivity index (χ2v) is 3.40. The van der Waals surface area contributed by atoms with Crippen LogP contribution < -0.4 is 10.6 Å². The van der Waals surface area contributed by atoms with Crippen molar-refractivity contribution in [3.8, 4) is 0 Å². The van der Waals surface area contributed by atoms with E-state index < -0.39 is 0 Å². The van der Waals surface area contributed by atoms with E-state index >= 15 is 0 Å². The van der Waals surface area contributed by atoms with Crippen molar-refractivity contribution in [3.63, 3.8) is 0 Å². The van der Waals surface area contributed by atoms with Crippen LogP contribution in [-0.2, 0) is 23.1 Å². The van der Waals surface area contributed by atoms with Crippen LogP contribution in [0.2, 0.25) is 0 Å². The van der Waals surface area contributed by atoms with Crippen molar-refractivity contribution in [1.82, 2.24) is 20.2 Å². The van der Waals surface area contributed by atoms with Gasteiger partial charge in [-0.25, -0.2) is 4.98 Å². The largest absolute Gasteiger partial charge is 0.383 e. The third kappa shape index (κ3) is 4.41. The molecule has 0 saturated carbocycles. The molecule has 16 heavy (non-hydrogen) atoms. The summed E-state index contributed by atoms with van der Waals surface area (Å²) >= 11 is 0. The number of nitrogens with zero attached hydrogens (tertiary/aromatic N) is 2. The van der Waals surface area contributed by atoms with Crippen molar-refractivity contribution < 1.29 is 9.53 Å². The number of hydrogen-bond acceptors (Lipinski definition) is 4. The van der Waals surface area contributed by atoms with E-state index in [0.29, 0.717) is 26.2 Å². The van der Waals surface area contributed by atoms with Crippen LogP contribution in [0.5, 0.6) is 0 Å². The molecular weight excluding hydrogens is 208 g/mol. The minimum Gasteiger partial charge on any atom is -0.383 e. The van der Waals surface area contributed by atoms with Crippen LogP contribution in [0, 0.1) is 0 Å². The van der Waals surface area contributed by atoms with Crippen LogP contribution >= 0.6 is 0 Å². The Morgan fingerprint density at radius 2 is 2.44 bits per heavy atom. The Morgan fingerprint density at radius 3 is 3.06 bits per heavy atom. The third-order valence-electron chi connectivity index (χ3n) is 2.13. The summed E-state index contributed by atoms with van der Waals surface area (Å²) < 4.78 is 6.72. The summed E-state index contributed by atoms with van der Waals surface area (Å²) in [7, 11) is 3.52. The quantitative estimate of drug-likeness (QED) is 0.602. The number of aromatic nitrogens is 2. The van der Waals surface area contributed by atoms with Gasteiger partial charge < -0.3 is 19.9 Å². The lowest BCUT2D eigenvalue weighted by molar-refractivity contribution is -0.120. The fourth-order valence-corrected chi connectivity index (χ4v) is 1.18.